The van der Waals surface area contributed by atoms with Gasteiger partial charge in [0.05, 0.1) is 10.7 Å². The molecule has 1 fully saturated rings. The van der Waals surface area contributed by atoms with Gasteiger partial charge in [-0.05, 0) is 25.0 Å². The first-order valence-electron chi connectivity index (χ1n) is 6.67. The lowest BCUT2D eigenvalue weighted by atomic mass is 10.1. The number of nitrogen functional groups attached to an aromatic ring is 1. The van der Waals surface area contributed by atoms with Crippen molar-refractivity contribution in [1.82, 2.24) is 4.72 Å². The number of anilines is 1. The fourth-order valence-corrected chi connectivity index (χ4v) is 4.83. The van der Waals surface area contributed by atoms with Crippen LogP contribution in [0, 0.1) is 0 Å². The first kappa shape index (κ1) is 15.9. The zero-order chi connectivity index (χ0) is 14.8. The van der Waals surface area contributed by atoms with Crippen LogP contribution >= 0.6 is 23.2 Å². The van der Waals surface area contributed by atoms with E-state index < -0.39 is 10.0 Å². The van der Waals surface area contributed by atoms with Gasteiger partial charge < -0.3 is 5.73 Å². The smallest absolute Gasteiger partial charge is 0.244 e. The van der Waals surface area contributed by atoms with Gasteiger partial charge in [0.25, 0.3) is 0 Å². The second kappa shape index (κ2) is 6.52. The van der Waals surface area contributed by atoms with Crippen molar-refractivity contribution < 1.29 is 8.42 Å². The topological polar surface area (TPSA) is 72.2 Å². The lowest BCUT2D eigenvalue weighted by Crippen LogP contribution is -2.35. The van der Waals surface area contributed by atoms with Gasteiger partial charge in [0.15, 0.2) is 0 Å². The van der Waals surface area contributed by atoms with Crippen molar-refractivity contribution in [1.29, 1.82) is 0 Å². The van der Waals surface area contributed by atoms with Crippen LogP contribution in [0.4, 0.5) is 5.69 Å². The Kier molecular flexibility index (Phi) is 5.18. The molecule has 3 N–H and O–H groups in total. The number of sulfonamides is 1. The first-order chi connectivity index (χ1) is 9.40. The summed E-state index contributed by atoms with van der Waals surface area (Å²) in [6.07, 6.45) is 6.09. The first-order valence-corrected chi connectivity index (χ1v) is 8.91. The highest BCUT2D eigenvalue weighted by Crippen LogP contribution is 2.31. The summed E-state index contributed by atoms with van der Waals surface area (Å²) in [6.45, 7) is 0. The van der Waals surface area contributed by atoms with E-state index in [4.69, 9.17) is 28.9 Å². The highest BCUT2D eigenvalue weighted by Gasteiger charge is 2.25. The molecule has 0 heterocycles. The summed E-state index contributed by atoms with van der Waals surface area (Å²) < 4.78 is 27.6. The van der Waals surface area contributed by atoms with Crippen LogP contribution in [0.15, 0.2) is 17.0 Å². The monoisotopic (exact) mass is 336 g/mol. The van der Waals surface area contributed by atoms with Crippen LogP contribution in [-0.4, -0.2) is 14.5 Å². The fraction of sp³-hybridized carbons (Fsp3) is 0.538. The minimum absolute atomic E-state index is 0.0476. The van der Waals surface area contributed by atoms with Crippen molar-refractivity contribution in [3.05, 3.63) is 22.2 Å². The Bertz CT molecular complexity index is 559. The second-order valence-corrected chi connectivity index (χ2v) is 7.61. The predicted octanol–water partition coefficient (Wildman–Crippen LogP) is 3.58. The molecular weight excluding hydrogens is 319 g/mol. The molecule has 0 aliphatic heterocycles. The van der Waals surface area contributed by atoms with E-state index in [-0.39, 0.29) is 21.6 Å². The summed E-state index contributed by atoms with van der Waals surface area (Å²) in [6, 6.07) is 2.74. The Hall–Kier alpha value is -0.490. The molecule has 1 aliphatic rings. The van der Waals surface area contributed by atoms with Crippen molar-refractivity contribution in [2.24, 2.45) is 0 Å². The van der Waals surface area contributed by atoms with Gasteiger partial charge in [0.1, 0.15) is 4.90 Å². The molecule has 4 nitrogen and oxygen atoms in total. The van der Waals surface area contributed by atoms with E-state index in [0.29, 0.717) is 5.02 Å². The molecular formula is C13H18Cl2N2O2S. The Balaban J connectivity index is 2.26. The number of rotatable bonds is 3. The second-order valence-electron chi connectivity index (χ2n) is 5.12. The number of hydrogen-bond acceptors (Lipinski definition) is 3. The molecule has 0 amide bonds. The van der Waals surface area contributed by atoms with Crippen LogP contribution in [0.3, 0.4) is 0 Å². The predicted molar refractivity (Wildman–Crippen MR) is 82.7 cm³/mol. The molecule has 7 heteroatoms. The lowest BCUT2D eigenvalue weighted by molar-refractivity contribution is 0.510. The maximum absolute atomic E-state index is 12.4. The normalized spacial score (nSPS) is 17.9. The van der Waals surface area contributed by atoms with Crippen molar-refractivity contribution in [3.8, 4) is 0 Å². The van der Waals surface area contributed by atoms with Gasteiger partial charge in [-0.2, -0.15) is 0 Å². The van der Waals surface area contributed by atoms with Gasteiger partial charge in [0, 0.05) is 11.1 Å². The summed E-state index contributed by atoms with van der Waals surface area (Å²) in [4.78, 5) is -0.0761. The van der Waals surface area contributed by atoms with Gasteiger partial charge in [-0.3, -0.25) is 0 Å². The molecule has 1 aromatic carbocycles. The van der Waals surface area contributed by atoms with Crippen molar-refractivity contribution >= 4 is 38.9 Å². The number of hydrogen-bond donors (Lipinski definition) is 2. The van der Waals surface area contributed by atoms with Crippen LogP contribution in [-0.2, 0) is 10.0 Å². The van der Waals surface area contributed by atoms with E-state index in [0.717, 1.165) is 38.5 Å². The fourth-order valence-electron chi connectivity index (χ4n) is 2.54. The molecule has 1 aliphatic carbocycles. The van der Waals surface area contributed by atoms with Crippen molar-refractivity contribution in [2.75, 3.05) is 5.73 Å². The largest absolute Gasteiger partial charge is 0.398 e. The van der Waals surface area contributed by atoms with Crippen LogP contribution < -0.4 is 10.5 Å². The summed E-state index contributed by atoms with van der Waals surface area (Å²) in [5.74, 6) is 0. The van der Waals surface area contributed by atoms with Crippen LogP contribution in [0.1, 0.15) is 38.5 Å². The molecule has 1 saturated carbocycles. The van der Waals surface area contributed by atoms with Crippen LogP contribution in [0.25, 0.3) is 0 Å². The third kappa shape index (κ3) is 3.79. The third-order valence-electron chi connectivity index (χ3n) is 3.48. The zero-order valence-corrected chi connectivity index (χ0v) is 13.4. The molecule has 0 spiro atoms. The van der Waals surface area contributed by atoms with E-state index in [9.17, 15) is 8.42 Å². The third-order valence-corrected chi connectivity index (χ3v) is 5.75. The van der Waals surface area contributed by atoms with Crippen molar-refractivity contribution in [3.63, 3.8) is 0 Å². The minimum Gasteiger partial charge on any atom is -0.398 e. The molecule has 20 heavy (non-hydrogen) atoms. The number of nitrogens with one attached hydrogen (secondary N) is 1. The van der Waals surface area contributed by atoms with Gasteiger partial charge >= 0.3 is 0 Å². The molecule has 112 valence electrons. The van der Waals surface area contributed by atoms with Crippen molar-refractivity contribution in [2.45, 2.75) is 49.5 Å². The van der Waals surface area contributed by atoms with Gasteiger partial charge in [0.2, 0.25) is 10.0 Å². The van der Waals surface area contributed by atoms with Crippen LogP contribution in [0.2, 0.25) is 10.0 Å². The quantitative estimate of drug-likeness (QED) is 0.654. The number of nitrogens with two attached hydrogens (primary N) is 1. The van der Waals surface area contributed by atoms with E-state index in [1.165, 1.54) is 12.1 Å². The SMILES string of the molecule is Nc1cc(Cl)cc(Cl)c1S(=O)(=O)NC1CCCCCC1. The van der Waals surface area contributed by atoms with Crippen LogP contribution in [0.5, 0.6) is 0 Å². The van der Waals surface area contributed by atoms with Gasteiger partial charge in [-0.1, -0.05) is 48.9 Å². The molecule has 0 saturated heterocycles. The molecule has 0 unspecified atom stereocenters. The Morgan fingerprint density at radius 3 is 2.25 bits per heavy atom. The Labute approximate surface area is 129 Å². The molecule has 1 aromatic rings. The average molecular weight is 337 g/mol. The maximum Gasteiger partial charge on any atom is 0.244 e. The highest BCUT2D eigenvalue weighted by molar-refractivity contribution is 7.89. The lowest BCUT2D eigenvalue weighted by Gasteiger charge is -2.18. The summed E-state index contributed by atoms with van der Waals surface area (Å²) in [7, 11) is -3.72. The number of benzene rings is 1. The molecule has 0 atom stereocenters. The standard InChI is InChI=1S/C13H18Cl2N2O2S/c14-9-7-11(15)13(12(16)8-9)20(18,19)17-10-5-3-1-2-4-6-10/h7-8,10,17H,1-6,16H2. The van der Waals surface area contributed by atoms with E-state index in [2.05, 4.69) is 4.72 Å². The molecule has 0 aromatic heterocycles. The Morgan fingerprint density at radius 1 is 1.10 bits per heavy atom. The summed E-state index contributed by atoms with van der Waals surface area (Å²) in [5, 5.41) is 0.372. The molecule has 0 radical (unpaired) electrons. The minimum atomic E-state index is -3.72. The summed E-state index contributed by atoms with van der Waals surface area (Å²) in [5.41, 5.74) is 5.83. The van der Waals surface area contributed by atoms with E-state index in [1.807, 2.05) is 0 Å². The van der Waals surface area contributed by atoms with E-state index >= 15 is 0 Å². The van der Waals surface area contributed by atoms with Gasteiger partial charge in [-0.25, -0.2) is 13.1 Å². The van der Waals surface area contributed by atoms with Gasteiger partial charge in [-0.15, -0.1) is 0 Å². The molecule has 0 bridgehead atoms. The molecule has 2 rings (SSSR count). The maximum atomic E-state index is 12.4. The average Bonchev–Trinajstić information content (AvgIpc) is 2.54. The number of halogens is 2. The highest BCUT2D eigenvalue weighted by atomic mass is 35.5. The zero-order valence-electron chi connectivity index (χ0n) is 11.0. The summed E-state index contributed by atoms with van der Waals surface area (Å²) >= 11 is 11.8. The van der Waals surface area contributed by atoms with E-state index in [1.54, 1.807) is 0 Å². The Morgan fingerprint density at radius 2 is 1.70 bits per heavy atom.